The largest absolute Gasteiger partial charge is 0.300 e. The summed E-state index contributed by atoms with van der Waals surface area (Å²) in [6.07, 6.45) is 2.96. The van der Waals surface area contributed by atoms with Crippen LogP contribution in [0.25, 0.3) is 0 Å². The third kappa shape index (κ3) is 3.00. The number of aromatic nitrogens is 1. The van der Waals surface area contributed by atoms with E-state index in [1.807, 2.05) is 0 Å². The van der Waals surface area contributed by atoms with Crippen LogP contribution in [0.5, 0.6) is 0 Å². The van der Waals surface area contributed by atoms with Gasteiger partial charge in [-0.2, -0.15) is 4.31 Å². The van der Waals surface area contributed by atoms with E-state index in [0.717, 1.165) is 19.6 Å². The van der Waals surface area contributed by atoms with Gasteiger partial charge in [0.15, 0.2) is 0 Å². The highest BCUT2D eigenvalue weighted by Gasteiger charge is 2.28. The molecule has 1 fully saturated rings. The molecule has 0 atom stereocenters. The first-order chi connectivity index (χ1) is 8.64. The molecular formula is C11H16ClN3O2S. The van der Waals surface area contributed by atoms with E-state index in [-0.39, 0.29) is 4.90 Å². The molecule has 1 aliphatic rings. The van der Waals surface area contributed by atoms with Crippen LogP contribution in [0.2, 0.25) is 0 Å². The number of sulfonamides is 1. The molecule has 0 aromatic carbocycles. The Hall–Kier alpha value is -0.690. The van der Waals surface area contributed by atoms with Crippen molar-refractivity contribution in [2.24, 2.45) is 0 Å². The number of pyridine rings is 1. The molecule has 0 bridgehead atoms. The van der Waals surface area contributed by atoms with E-state index in [2.05, 4.69) is 9.88 Å². The predicted molar refractivity (Wildman–Crippen MR) is 70.2 cm³/mol. The van der Waals surface area contributed by atoms with Crippen LogP contribution in [-0.4, -0.2) is 61.2 Å². The summed E-state index contributed by atoms with van der Waals surface area (Å²) < 4.78 is 26.1. The fraction of sp³-hybridized carbons (Fsp3) is 0.545. The van der Waals surface area contributed by atoms with Crippen LogP contribution >= 0.6 is 11.6 Å². The van der Waals surface area contributed by atoms with Crippen molar-refractivity contribution in [3.63, 3.8) is 0 Å². The van der Waals surface area contributed by atoms with Crippen LogP contribution in [0.4, 0.5) is 0 Å². The normalized spacial score (nSPS) is 18.9. The van der Waals surface area contributed by atoms with Gasteiger partial charge in [-0.05, 0) is 12.1 Å². The van der Waals surface area contributed by atoms with Crippen LogP contribution in [0.15, 0.2) is 29.4 Å². The lowest BCUT2D eigenvalue weighted by Gasteiger charge is -2.33. The summed E-state index contributed by atoms with van der Waals surface area (Å²) in [5, 5.41) is 0. The monoisotopic (exact) mass is 289 g/mol. The van der Waals surface area contributed by atoms with Gasteiger partial charge < -0.3 is 0 Å². The third-order valence-corrected chi connectivity index (χ3v) is 5.06. The molecule has 5 nitrogen and oxygen atoms in total. The molecule has 1 aromatic heterocycles. The van der Waals surface area contributed by atoms with Crippen molar-refractivity contribution in [3.05, 3.63) is 24.5 Å². The quantitative estimate of drug-likeness (QED) is 0.763. The Morgan fingerprint density at radius 1 is 1.28 bits per heavy atom. The highest BCUT2D eigenvalue weighted by Crippen LogP contribution is 2.16. The van der Waals surface area contributed by atoms with Crippen molar-refractivity contribution in [1.29, 1.82) is 0 Å². The van der Waals surface area contributed by atoms with Crippen molar-refractivity contribution in [3.8, 4) is 0 Å². The average molecular weight is 290 g/mol. The van der Waals surface area contributed by atoms with Crippen molar-refractivity contribution in [2.45, 2.75) is 4.90 Å². The number of halogens is 1. The van der Waals surface area contributed by atoms with Crippen LogP contribution in [0.1, 0.15) is 0 Å². The highest BCUT2D eigenvalue weighted by atomic mass is 35.5. The standard InChI is InChI=1S/C11H16ClN3O2S/c12-3-5-14-6-8-15(9-7-14)18(16,17)11-2-1-4-13-10-11/h1-2,4,10H,3,5-9H2. The van der Waals surface area contributed by atoms with Crippen molar-refractivity contribution in [2.75, 3.05) is 38.6 Å². The lowest BCUT2D eigenvalue weighted by atomic mass is 10.4. The zero-order chi connectivity index (χ0) is 13.0. The molecule has 0 amide bonds. The van der Waals surface area contributed by atoms with Crippen LogP contribution in [0, 0.1) is 0 Å². The topological polar surface area (TPSA) is 53.5 Å². The molecule has 7 heteroatoms. The molecule has 2 heterocycles. The van der Waals surface area contributed by atoms with Gasteiger partial charge in [0.25, 0.3) is 0 Å². The molecule has 0 spiro atoms. The number of rotatable bonds is 4. The molecule has 0 radical (unpaired) electrons. The summed E-state index contributed by atoms with van der Waals surface area (Å²) in [6.45, 7) is 3.28. The van der Waals surface area contributed by atoms with E-state index in [1.54, 1.807) is 18.3 Å². The fourth-order valence-electron chi connectivity index (χ4n) is 1.96. The first kappa shape index (κ1) is 13.7. The second kappa shape index (κ2) is 5.97. The minimum atomic E-state index is -3.39. The lowest BCUT2D eigenvalue weighted by Crippen LogP contribution is -2.48. The summed E-state index contributed by atoms with van der Waals surface area (Å²) >= 11 is 5.68. The number of hydrogen-bond donors (Lipinski definition) is 0. The van der Waals surface area contributed by atoms with E-state index in [1.165, 1.54) is 10.5 Å². The maximum Gasteiger partial charge on any atom is 0.244 e. The van der Waals surface area contributed by atoms with Crippen molar-refractivity contribution < 1.29 is 8.42 Å². The SMILES string of the molecule is O=S(=O)(c1cccnc1)N1CCN(CCCl)CC1. The minimum absolute atomic E-state index is 0.260. The molecule has 0 saturated carbocycles. The molecule has 0 N–H and O–H groups in total. The Morgan fingerprint density at radius 3 is 2.56 bits per heavy atom. The van der Waals surface area contributed by atoms with E-state index < -0.39 is 10.0 Å². The van der Waals surface area contributed by atoms with Gasteiger partial charge in [-0.1, -0.05) is 0 Å². The number of piperazine rings is 1. The van der Waals surface area contributed by atoms with Crippen molar-refractivity contribution in [1.82, 2.24) is 14.2 Å². The highest BCUT2D eigenvalue weighted by molar-refractivity contribution is 7.89. The first-order valence-electron chi connectivity index (χ1n) is 5.83. The summed E-state index contributed by atoms with van der Waals surface area (Å²) in [7, 11) is -3.39. The molecule has 100 valence electrons. The van der Waals surface area contributed by atoms with Gasteiger partial charge in [-0.3, -0.25) is 9.88 Å². The van der Waals surface area contributed by atoms with Crippen LogP contribution in [0.3, 0.4) is 0 Å². The van der Waals surface area contributed by atoms with Gasteiger partial charge in [-0.25, -0.2) is 8.42 Å². The van der Waals surface area contributed by atoms with Gasteiger partial charge >= 0.3 is 0 Å². The molecule has 2 rings (SSSR count). The second-order valence-electron chi connectivity index (χ2n) is 4.12. The average Bonchev–Trinajstić information content (AvgIpc) is 2.41. The van der Waals surface area contributed by atoms with E-state index in [9.17, 15) is 8.42 Å². The molecule has 1 aromatic rings. The smallest absolute Gasteiger partial charge is 0.244 e. The third-order valence-electron chi connectivity index (χ3n) is 3.00. The molecular weight excluding hydrogens is 274 g/mol. The Balaban J connectivity index is 2.05. The Morgan fingerprint density at radius 2 is 2.00 bits per heavy atom. The first-order valence-corrected chi connectivity index (χ1v) is 7.80. The summed E-state index contributed by atoms with van der Waals surface area (Å²) in [5.41, 5.74) is 0. The number of alkyl halides is 1. The lowest BCUT2D eigenvalue weighted by molar-refractivity contribution is 0.197. The second-order valence-corrected chi connectivity index (χ2v) is 6.44. The summed E-state index contributed by atoms with van der Waals surface area (Å²) in [4.78, 5) is 6.29. The van der Waals surface area contributed by atoms with Crippen LogP contribution in [-0.2, 0) is 10.0 Å². The Bertz CT molecular complexity index is 472. The molecule has 0 aliphatic carbocycles. The van der Waals surface area contributed by atoms with Gasteiger partial charge in [-0.15, -0.1) is 11.6 Å². The van der Waals surface area contributed by atoms with Gasteiger partial charge in [0.05, 0.1) is 0 Å². The van der Waals surface area contributed by atoms with Crippen molar-refractivity contribution >= 4 is 21.6 Å². The molecule has 1 saturated heterocycles. The summed E-state index contributed by atoms with van der Waals surface area (Å²) in [6, 6.07) is 3.21. The minimum Gasteiger partial charge on any atom is -0.300 e. The fourth-order valence-corrected chi connectivity index (χ4v) is 3.59. The van der Waals surface area contributed by atoms with Gasteiger partial charge in [0.1, 0.15) is 4.90 Å². The number of hydrogen-bond acceptors (Lipinski definition) is 4. The van der Waals surface area contributed by atoms with Crippen LogP contribution < -0.4 is 0 Å². The van der Waals surface area contributed by atoms with E-state index >= 15 is 0 Å². The molecule has 0 unspecified atom stereocenters. The zero-order valence-corrected chi connectivity index (χ0v) is 11.6. The van der Waals surface area contributed by atoms with E-state index in [0.29, 0.717) is 19.0 Å². The molecule has 18 heavy (non-hydrogen) atoms. The summed E-state index contributed by atoms with van der Waals surface area (Å²) in [5.74, 6) is 0.579. The zero-order valence-electron chi connectivity index (χ0n) is 10.00. The van der Waals surface area contributed by atoms with Gasteiger partial charge in [0, 0.05) is 51.0 Å². The molecule has 1 aliphatic heterocycles. The van der Waals surface area contributed by atoms with Gasteiger partial charge in [0.2, 0.25) is 10.0 Å². The maximum atomic E-state index is 12.3. The van der Waals surface area contributed by atoms with E-state index in [4.69, 9.17) is 11.6 Å². The predicted octanol–water partition coefficient (Wildman–Crippen LogP) is 0.627. The number of nitrogens with zero attached hydrogens (tertiary/aromatic N) is 3. The Kier molecular flexibility index (Phi) is 4.55. The Labute approximate surface area is 112 Å². The maximum absolute atomic E-state index is 12.3.